The number of rotatable bonds is 9. The normalized spacial score (nSPS) is 11.1. The Hall–Kier alpha value is -2.82. The minimum Gasteiger partial charge on any atom is -0.311 e. The molecule has 0 aliphatic rings. The SMILES string of the molecule is Cc1cc(C)cc(N(CCC#N)C(=O)CSc2nc3cc(Cl)ccc3c(=O)n2CCC(C)C)c1. The molecule has 0 N–H and O–H groups in total. The smallest absolute Gasteiger partial charge is 0.262 e. The maximum atomic E-state index is 13.3. The van der Waals surface area contributed by atoms with E-state index in [0.717, 1.165) is 23.2 Å². The van der Waals surface area contributed by atoms with E-state index in [1.165, 1.54) is 11.8 Å². The highest BCUT2D eigenvalue weighted by molar-refractivity contribution is 7.99. The zero-order valence-corrected chi connectivity index (χ0v) is 21.5. The number of anilines is 1. The van der Waals surface area contributed by atoms with Gasteiger partial charge in [-0.1, -0.05) is 43.3 Å². The number of nitrogens with zero attached hydrogens (tertiary/aromatic N) is 4. The van der Waals surface area contributed by atoms with Crippen LogP contribution in [0.1, 0.15) is 37.8 Å². The van der Waals surface area contributed by atoms with Gasteiger partial charge in [-0.15, -0.1) is 0 Å². The highest BCUT2D eigenvalue weighted by Gasteiger charge is 2.19. The Bertz CT molecular complexity index is 1280. The quantitative estimate of drug-likeness (QED) is 0.278. The number of thioether (sulfide) groups is 1. The van der Waals surface area contributed by atoms with Gasteiger partial charge in [-0.2, -0.15) is 5.26 Å². The van der Waals surface area contributed by atoms with Crippen molar-refractivity contribution < 1.29 is 4.79 Å². The van der Waals surface area contributed by atoms with Crippen LogP contribution in [-0.2, 0) is 11.3 Å². The van der Waals surface area contributed by atoms with E-state index in [0.29, 0.717) is 40.1 Å². The first-order valence-electron chi connectivity index (χ1n) is 11.3. The van der Waals surface area contributed by atoms with Crippen molar-refractivity contribution in [2.75, 3.05) is 17.2 Å². The van der Waals surface area contributed by atoms with Gasteiger partial charge in [0, 0.05) is 23.8 Å². The molecule has 0 bridgehead atoms. The van der Waals surface area contributed by atoms with E-state index in [1.54, 1.807) is 27.7 Å². The van der Waals surface area contributed by atoms with Crippen LogP contribution in [0.3, 0.4) is 0 Å². The Kier molecular flexibility index (Phi) is 8.76. The van der Waals surface area contributed by atoms with Crippen LogP contribution in [0.2, 0.25) is 5.02 Å². The van der Waals surface area contributed by atoms with Crippen molar-refractivity contribution in [3.8, 4) is 6.07 Å². The van der Waals surface area contributed by atoms with Gasteiger partial charge in [-0.25, -0.2) is 4.98 Å². The van der Waals surface area contributed by atoms with Crippen LogP contribution >= 0.6 is 23.4 Å². The van der Waals surface area contributed by atoms with Gasteiger partial charge >= 0.3 is 0 Å². The molecule has 2 aromatic carbocycles. The average Bonchev–Trinajstić information content (AvgIpc) is 2.76. The zero-order valence-electron chi connectivity index (χ0n) is 20.0. The van der Waals surface area contributed by atoms with E-state index in [4.69, 9.17) is 16.9 Å². The second-order valence-corrected chi connectivity index (χ2v) is 10.2. The topological polar surface area (TPSA) is 79.0 Å². The average molecular weight is 497 g/mol. The first-order chi connectivity index (χ1) is 16.2. The number of carbonyl (C=O) groups excluding carboxylic acids is 1. The third-order valence-corrected chi connectivity index (χ3v) is 6.60. The fourth-order valence-electron chi connectivity index (χ4n) is 3.74. The van der Waals surface area contributed by atoms with Crippen LogP contribution in [0, 0.1) is 31.1 Å². The lowest BCUT2D eigenvalue weighted by molar-refractivity contribution is -0.116. The first-order valence-corrected chi connectivity index (χ1v) is 12.6. The van der Waals surface area contributed by atoms with Crippen molar-refractivity contribution in [1.82, 2.24) is 9.55 Å². The Labute approximate surface area is 209 Å². The summed E-state index contributed by atoms with van der Waals surface area (Å²) in [5, 5.41) is 10.6. The fourth-order valence-corrected chi connectivity index (χ4v) is 4.81. The molecule has 0 unspecified atom stereocenters. The van der Waals surface area contributed by atoms with Crippen molar-refractivity contribution in [1.29, 1.82) is 5.26 Å². The molecule has 3 aromatic rings. The number of aryl methyl sites for hydroxylation is 2. The molecule has 0 fully saturated rings. The number of benzene rings is 2. The number of halogens is 1. The summed E-state index contributed by atoms with van der Waals surface area (Å²) in [4.78, 5) is 32.8. The Balaban J connectivity index is 1.93. The van der Waals surface area contributed by atoms with Gasteiger partial charge in [0.25, 0.3) is 5.56 Å². The molecule has 6 nitrogen and oxygen atoms in total. The van der Waals surface area contributed by atoms with Crippen molar-refractivity contribution in [2.24, 2.45) is 5.92 Å². The van der Waals surface area contributed by atoms with Gasteiger partial charge in [-0.05, 0) is 67.6 Å². The molecule has 0 aliphatic carbocycles. The number of hydrogen-bond donors (Lipinski definition) is 0. The summed E-state index contributed by atoms with van der Waals surface area (Å²) < 4.78 is 1.66. The highest BCUT2D eigenvalue weighted by atomic mass is 35.5. The lowest BCUT2D eigenvalue weighted by Crippen LogP contribution is -2.34. The standard InChI is InChI=1S/C26H29ClN4O2S/c1-17(2)8-11-31-25(33)22-7-6-20(27)15-23(22)29-26(31)34-16-24(32)30(10-5-9-28)21-13-18(3)12-19(4)14-21/h6-7,12-15,17H,5,8,10-11,16H2,1-4H3. The number of hydrogen-bond acceptors (Lipinski definition) is 5. The number of carbonyl (C=O) groups is 1. The second kappa shape index (κ2) is 11.5. The summed E-state index contributed by atoms with van der Waals surface area (Å²) in [6, 6.07) is 13.1. The molecule has 0 aliphatic heterocycles. The molecular weight excluding hydrogens is 468 g/mol. The molecule has 1 aromatic heterocycles. The summed E-state index contributed by atoms with van der Waals surface area (Å²) in [6.07, 6.45) is 1.05. The first kappa shape index (κ1) is 25.8. The highest BCUT2D eigenvalue weighted by Crippen LogP contribution is 2.24. The van der Waals surface area contributed by atoms with Gasteiger partial charge in [0.1, 0.15) is 0 Å². The van der Waals surface area contributed by atoms with E-state index < -0.39 is 0 Å². The van der Waals surface area contributed by atoms with Gasteiger partial charge in [0.05, 0.1) is 29.1 Å². The van der Waals surface area contributed by atoms with Crippen LogP contribution in [0.25, 0.3) is 10.9 Å². The Morgan fingerprint density at radius 2 is 1.91 bits per heavy atom. The van der Waals surface area contributed by atoms with Gasteiger partial charge < -0.3 is 4.90 Å². The lowest BCUT2D eigenvalue weighted by Gasteiger charge is -2.23. The predicted octanol–water partition coefficient (Wildman–Crippen LogP) is 5.75. The van der Waals surface area contributed by atoms with E-state index >= 15 is 0 Å². The maximum absolute atomic E-state index is 13.3. The van der Waals surface area contributed by atoms with Crippen molar-refractivity contribution in [2.45, 2.75) is 52.2 Å². The summed E-state index contributed by atoms with van der Waals surface area (Å²) in [7, 11) is 0. The summed E-state index contributed by atoms with van der Waals surface area (Å²) >= 11 is 7.38. The molecule has 8 heteroatoms. The maximum Gasteiger partial charge on any atom is 0.262 e. The molecule has 0 saturated heterocycles. The number of aromatic nitrogens is 2. The Morgan fingerprint density at radius 1 is 1.21 bits per heavy atom. The molecule has 0 spiro atoms. The monoisotopic (exact) mass is 496 g/mol. The van der Waals surface area contributed by atoms with Crippen LogP contribution in [0.5, 0.6) is 0 Å². The fraction of sp³-hybridized carbons (Fsp3) is 0.385. The molecule has 3 rings (SSSR count). The summed E-state index contributed by atoms with van der Waals surface area (Å²) in [5.41, 5.74) is 3.26. The molecule has 178 valence electrons. The van der Waals surface area contributed by atoms with E-state index in [2.05, 4.69) is 24.9 Å². The summed E-state index contributed by atoms with van der Waals surface area (Å²) in [5.74, 6) is 0.373. The molecule has 0 saturated carbocycles. The molecule has 0 radical (unpaired) electrons. The van der Waals surface area contributed by atoms with Crippen LogP contribution < -0.4 is 10.5 Å². The minimum atomic E-state index is -0.138. The van der Waals surface area contributed by atoms with Gasteiger partial charge in [-0.3, -0.25) is 14.2 Å². The number of fused-ring (bicyclic) bond motifs is 1. The predicted molar refractivity (Wildman–Crippen MR) is 140 cm³/mol. The van der Waals surface area contributed by atoms with Crippen molar-refractivity contribution in [3.05, 3.63) is 62.9 Å². The summed E-state index contributed by atoms with van der Waals surface area (Å²) in [6.45, 7) is 9.00. The molecule has 0 atom stereocenters. The zero-order chi connectivity index (χ0) is 24.8. The van der Waals surface area contributed by atoms with Crippen LogP contribution in [-0.4, -0.2) is 27.8 Å². The van der Waals surface area contributed by atoms with Crippen LogP contribution in [0.4, 0.5) is 5.69 Å². The molecule has 1 amide bonds. The van der Waals surface area contributed by atoms with Gasteiger partial charge in [0.15, 0.2) is 5.16 Å². The second-order valence-electron chi connectivity index (χ2n) is 8.78. The number of amides is 1. The van der Waals surface area contributed by atoms with Crippen molar-refractivity contribution >= 4 is 45.9 Å². The largest absolute Gasteiger partial charge is 0.311 e. The molecular formula is C26H29ClN4O2S. The third kappa shape index (κ3) is 6.40. The lowest BCUT2D eigenvalue weighted by atomic mass is 10.1. The van der Waals surface area contributed by atoms with E-state index in [1.807, 2.05) is 32.0 Å². The van der Waals surface area contributed by atoms with E-state index in [9.17, 15) is 9.59 Å². The van der Waals surface area contributed by atoms with Crippen LogP contribution in [0.15, 0.2) is 46.3 Å². The van der Waals surface area contributed by atoms with E-state index in [-0.39, 0.29) is 23.6 Å². The minimum absolute atomic E-state index is 0.0958. The Morgan fingerprint density at radius 3 is 2.56 bits per heavy atom. The molecule has 1 heterocycles. The van der Waals surface area contributed by atoms with Crippen molar-refractivity contribution in [3.63, 3.8) is 0 Å². The third-order valence-electron chi connectivity index (χ3n) is 5.40. The number of nitriles is 1. The molecule has 34 heavy (non-hydrogen) atoms. The van der Waals surface area contributed by atoms with Gasteiger partial charge in [0.2, 0.25) is 5.91 Å².